The van der Waals surface area contributed by atoms with Crippen LogP contribution in [0.2, 0.25) is 5.02 Å². The first-order chi connectivity index (χ1) is 17.5. The van der Waals surface area contributed by atoms with Crippen molar-refractivity contribution in [2.75, 3.05) is 45.1 Å². The fraction of sp³-hybridized carbons (Fsp3) is 0.345. The van der Waals surface area contributed by atoms with Gasteiger partial charge in [-0.15, -0.1) is 0 Å². The molecule has 36 heavy (non-hydrogen) atoms. The molecule has 0 aliphatic heterocycles. The highest BCUT2D eigenvalue weighted by atomic mass is 35.5. The Morgan fingerprint density at radius 2 is 1.39 bits per heavy atom. The molecule has 7 heteroatoms. The first-order valence-electron chi connectivity index (χ1n) is 12.4. The van der Waals surface area contributed by atoms with Crippen LogP contribution >= 0.6 is 11.6 Å². The molecule has 0 aromatic heterocycles. The first-order valence-corrected chi connectivity index (χ1v) is 12.8. The second-order valence-electron chi connectivity index (χ2n) is 8.37. The van der Waals surface area contributed by atoms with Crippen molar-refractivity contribution in [3.63, 3.8) is 0 Å². The van der Waals surface area contributed by atoms with E-state index in [0.717, 1.165) is 39.3 Å². The van der Waals surface area contributed by atoms with E-state index in [0.29, 0.717) is 29.4 Å². The Morgan fingerprint density at radius 1 is 0.833 bits per heavy atom. The number of esters is 1. The summed E-state index contributed by atoms with van der Waals surface area (Å²) < 4.78 is 5.18. The highest BCUT2D eigenvalue weighted by molar-refractivity contribution is 6.33. The lowest BCUT2D eigenvalue weighted by atomic mass is 10.1. The predicted octanol–water partition coefficient (Wildman–Crippen LogP) is 5.07. The summed E-state index contributed by atoms with van der Waals surface area (Å²) in [5.41, 5.74) is 14.8. The Labute approximate surface area is 220 Å². The lowest BCUT2D eigenvalue weighted by Gasteiger charge is -2.21. The van der Waals surface area contributed by atoms with Crippen molar-refractivity contribution in [1.29, 1.82) is 0 Å². The minimum absolute atomic E-state index is 0.322. The highest BCUT2D eigenvalue weighted by Crippen LogP contribution is 2.19. The average molecular weight is 511 g/mol. The van der Waals surface area contributed by atoms with Crippen molar-refractivity contribution in [3.8, 4) is 0 Å². The highest BCUT2D eigenvalue weighted by Gasteiger charge is 2.12. The third-order valence-corrected chi connectivity index (χ3v) is 6.00. The molecule has 0 atom stereocenters. The molecule has 0 bridgehead atoms. The van der Waals surface area contributed by atoms with Crippen LogP contribution in [0.1, 0.15) is 35.3 Å². The van der Waals surface area contributed by atoms with Crippen molar-refractivity contribution in [3.05, 3.63) is 101 Å². The van der Waals surface area contributed by atoms with Crippen molar-refractivity contribution in [1.82, 2.24) is 9.80 Å². The minimum atomic E-state index is -0.410. The second-order valence-corrected chi connectivity index (χ2v) is 8.78. The van der Waals surface area contributed by atoms with Crippen LogP contribution in [-0.2, 0) is 17.8 Å². The zero-order chi connectivity index (χ0) is 26.2. The fourth-order valence-electron chi connectivity index (χ4n) is 3.66. The van der Waals surface area contributed by atoms with Crippen molar-refractivity contribution < 1.29 is 9.53 Å². The zero-order valence-electron chi connectivity index (χ0n) is 21.4. The summed E-state index contributed by atoms with van der Waals surface area (Å²) >= 11 is 5.93. The van der Waals surface area contributed by atoms with Gasteiger partial charge in [-0.1, -0.05) is 86.1 Å². The number of nitrogens with two attached hydrogens (primary N) is 2. The second kappa shape index (κ2) is 16.7. The van der Waals surface area contributed by atoms with E-state index in [1.807, 2.05) is 12.1 Å². The third-order valence-electron chi connectivity index (χ3n) is 5.69. The SMILES string of the molecule is CCN(CC)CCOC(=O)c1ccc(N)cc1Cl.NCCN(Cc1ccccc1)Cc1ccccc1. The number of hydrogen-bond donors (Lipinski definition) is 2. The standard InChI is InChI=1S/C16H20N2.C13H19ClN2O2/c17-11-12-18(13-15-7-3-1-4-8-15)14-16-9-5-2-6-10-16;1-3-16(4-2)7-8-18-13(17)11-6-5-10(15)9-12(11)14/h1-10H,11-14,17H2;5-6,9H,3-4,7-8,15H2,1-2H3. The monoisotopic (exact) mass is 510 g/mol. The van der Waals surface area contributed by atoms with Crippen LogP contribution in [0, 0.1) is 0 Å². The smallest absolute Gasteiger partial charge is 0.339 e. The largest absolute Gasteiger partial charge is 0.461 e. The summed E-state index contributed by atoms with van der Waals surface area (Å²) in [6.07, 6.45) is 0. The summed E-state index contributed by atoms with van der Waals surface area (Å²) in [4.78, 5) is 16.3. The first kappa shape index (κ1) is 29.3. The van der Waals surface area contributed by atoms with Gasteiger partial charge in [-0.2, -0.15) is 0 Å². The number of nitrogens with zero attached hydrogens (tertiary/aromatic N) is 2. The number of benzene rings is 3. The summed E-state index contributed by atoms with van der Waals surface area (Å²) in [5.74, 6) is -0.410. The number of nitrogen functional groups attached to an aromatic ring is 1. The summed E-state index contributed by atoms with van der Waals surface area (Å²) in [6, 6.07) is 25.8. The van der Waals surface area contributed by atoms with Gasteiger partial charge in [0.2, 0.25) is 0 Å². The maximum absolute atomic E-state index is 11.8. The molecule has 3 rings (SSSR count). The molecule has 4 N–H and O–H groups in total. The maximum Gasteiger partial charge on any atom is 0.339 e. The average Bonchev–Trinajstić information content (AvgIpc) is 2.88. The van der Waals surface area contributed by atoms with Gasteiger partial charge in [0.05, 0.1) is 10.6 Å². The van der Waals surface area contributed by atoms with Gasteiger partial charge in [0.1, 0.15) is 6.61 Å². The molecule has 3 aromatic rings. The van der Waals surface area contributed by atoms with Gasteiger partial charge in [-0.3, -0.25) is 4.90 Å². The zero-order valence-corrected chi connectivity index (χ0v) is 22.2. The number of carbonyl (C=O) groups excluding carboxylic acids is 1. The topological polar surface area (TPSA) is 84.8 Å². The fourth-order valence-corrected chi connectivity index (χ4v) is 3.93. The molecule has 3 aromatic carbocycles. The van der Waals surface area contributed by atoms with E-state index >= 15 is 0 Å². The number of anilines is 1. The molecule has 0 aliphatic rings. The summed E-state index contributed by atoms with van der Waals surface area (Å²) in [6.45, 7) is 10.6. The van der Waals surface area contributed by atoms with Crippen LogP contribution < -0.4 is 11.5 Å². The van der Waals surface area contributed by atoms with E-state index in [9.17, 15) is 4.79 Å². The van der Waals surface area contributed by atoms with Crippen molar-refractivity contribution >= 4 is 23.3 Å². The van der Waals surface area contributed by atoms with Crippen molar-refractivity contribution in [2.24, 2.45) is 5.73 Å². The molecular weight excluding hydrogens is 472 g/mol. The summed E-state index contributed by atoms with van der Waals surface area (Å²) in [7, 11) is 0. The number of ether oxygens (including phenoxy) is 1. The quantitative estimate of drug-likeness (QED) is 0.261. The van der Waals surface area contributed by atoms with Gasteiger partial charge >= 0.3 is 5.97 Å². The van der Waals surface area contributed by atoms with E-state index in [-0.39, 0.29) is 0 Å². The number of halogens is 1. The van der Waals surface area contributed by atoms with Crippen molar-refractivity contribution in [2.45, 2.75) is 26.9 Å². The Balaban J connectivity index is 0.000000254. The Hall–Kier alpha value is -2.90. The molecule has 0 heterocycles. The van der Waals surface area contributed by atoms with E-state index < -0.39 is 5.97 Å². The Morgan fingerprint density at radius 3 is 1.86 bits per heavy atom. The van der Waals surface area contributed by atoms with Crippen LogP contribution in [-0.4, -0.2) is 55.1 Å². The number of carbonyl (C=O) groups is 1. The molecule has 6 nitrogen and oxygen atoms in total. The van der Waals surface area contributed by atoms with E-state index in [4.69, 9.17) is 27.8 Å². The van der Waals surface area contributed by atoms with E-state index in [1.165, 1.54) is 11.1 Å². The molecule has 0 radical (unpaired) electrons. The molecule has 0 unspecified atom stereocenters. The number of likely N-dealkylation sites (N-methyl/N-ethyl adjacent to an activating group) is 1. The molecule has 0 saturated carbocycles. The maximum atomic E-state index is 11.8. The molecule has 0 fully saturated rings. The van der Waals surface area contributed by atoms with Crippen LogP contribution in [0.25, 0.3) is 0 Å². The van der Waals surface area contributed by atoms with Gasteiger partial charge in [-0.25, -0.2) is 4.79 Å². The van der Waals surface area contributed by atoms with Gasteiger partial charge in [0.15, 0.2) is 0 Å². The Bertz CT molecular complexity index is 973. The molecule has 0 saturated heterocycles. The molecule has 194 valence electrons. The molecular formula is C29H39ClN4O2. The number of rotatable bonds is 12. The van der Waals surface area contributed by atoms with Crippen LogP contribution in [0.5, 0.6) is 0 Å². The molecule has 0 aliphatic carbocycles. The minimum Gasteiger partial charge on any atom is -0.461 e. The Kier molecular flexibility index (Phi) is 13.6. The van der Waals surface area contributed by atoms with Gasteiger partial charge < -0.3 is 21.1 Å². The third kappa shape index (κ3) is 10.8. The van der Waals surface area contributed by atoms with Crippen LogP contribution in [0.15, 0.2) is 78.9 Å². The number of hydrogen-bond acceptors (Lipinski definition) is 6. The molecule has 0 amide bonds. The lowest BCUT2D eigenvalue weighted by Crippen LogP contribution is -2.28. The van der Waals surface area contributed by atoms with Gasteiger partial charge in [-0.05, 0) is 42.4 Å². The van der Waals surface area contributed by atoms with Gasteiger partial charge in [0, 0.05) is 38.4 Å². The van der Waals surface area contributed by atoms with Crippen LogP contribution in [0.3, 0.4) is 0 Å². The van der Waals surface area contributed by atoms with Gasteiger partial charge in [0.25, 0.3) is 0 Å². The lowest BCUT2D eigenvalue weighted by molar-refractivity contribution is 0.0466. The predicted molar refractivity (Wildman–Crippen MR) is 150 cm³/mol. The van der Waals surface area contributed by atoms with E-state index in [1.54, 1.807) is 18.2 Å². The normalized spacial score (nSPS) is 10.7. The summed E-state index contributed by atoms with van der Waals surface area (Å²) in [5, 5.41) is 0.322. The molecule has 0 spiro atoms. The van der Waals surface area contributed by atoms with Crippen LogP contribution in [0.4, 0.5) is 5.69 Å². The van der Waals surface area contributed by atoms with E-state index in [2.05, 4.69) is 72.2 Å².